The van der Waals surface area contributed by atoms with Crippen LogP contribution in [0.2, 0.25) is 0 Å². The summed E-state index contributed by atoms with van der Waals surface area (Å²) in [6, 6.07) is 7.33. The zero-order chi connectivity index (χ0) is 16.6. The van der Waals surface area contributed by atoms with Crippen molar-refractivity contribution in [2.24, 2.45) is 0 Å². The minimum absolute atomic E-state index is 0.0131. The van der Waals surface area contributed by atoms with Gasteiger partial charge in [-0.2, -0.15) is 0 Å². The Morgan fingerprint density at radius 2 is 2.04 bits per heavy atom. The number of ether oxygens (including phenoxy) is 1. The minimum Gasteiger partial charge on any atom is -0.478 e. The second kappa shape index (κ2) is 6.16. The van der Waals surface area contributed by atoms with Gasteiger partial charge in [0.05, 0.1) is 5.56 Å². The monoisotopic (exact) mass is 315 g/mol. The normalized spacial score (nSPS) is 27.2. The molecular formula is C18H21NO4. The number of rotatable bonds is 3. The molecule has 1 fully saturated rings. The first kappa shape index (κ1) is 15.7. The fourth-order valence-corrected chi connectivity index (χ4v) is 3.92. The van der Waals surface area contributed by atoms with Crippen molar-refractivity contribution in [3.63, 3.8) is 0 Å². The van der Waals surface area contributed by atoms with Crippen LogP contribution in [0, 0.1) is 0 Å². The lowest BCUT2D eigenvalue weighted by Crippen LogP contribution is -2.38. The van der Waals surface area contributed by atoms with Crippen LogP contribution in [0.1, 0.15) is 41.6 Å². The van der Waals surface area contributed by atoms with Gasteiger partial charge in [-0.15, -0.1) is 0 Å². The second-order valence-corrected chi connectivity index (χ2v) is 6.30. The Morgan fingerprint density at radius 3 is 2.74 bits per heavy atom. The van der Waals surface area contributed by atoms with Crippen LogP contribution in [0.15, 0.2) is 35.9 Å². The highest BCUT2D eigenvalue weighted by Crippen LogP contribution is 2.42. The van der Waals surface area contributed by atoms with E-state index in [1.807, 2.05) is 12.1 Å². The molecule has 0 bridgehead atoms. The van der Waals surface area contributed by atoms with Crippen molar-refractivity contribution in [3.05, 3.63) is 47.0 Å². The molecule has 3 rings (SSSR count). The van der Waals surface area contributed by atoms with Gasteiger partial charge in [0.2, 0.25) is 0 Å². The molecule has 1 heterocycles. The van der Waals surface area contributed by atoms with Crippen molar-refractivity contribution in [3.8, 4) is 0 Å². The van der Waals surface area contributed by atoms with Crippen LogP contribution in [0.5, 0.6) is 0 Å². The molecular weight excluding hydrogens is 294 g/mol. The van der Waals surface area contributed by atoms with Crippen LogP contribution < -0.4 is 0 Å². The Hall–Kier alpha value is -2.14. The van der Waals surface area contributed by atoms with E-state index in [2.05, 4.69) is 18.0 Å². The Balaban J connectivity index is 2.01. The first-order valence-electron chi connectivity index (χ1n) is 7.87. The summed E-state index contributed by atoms with van der Waals surface area (Å²) in [6.07, 6.45) is 3.32. The largest absolute Gasteiger partial charge is 0.478 e. The Morgan fingerprint density at radius 1 is 1.30 bits per heavy atom. The molecule has 0 amide bonds. The van der Waals surface area contributed by atoms with Crippen molar-refractivity contribution in [2.75, 3.05) is 13.6 Å². The first-order chi connectivity index (χ1) is 11.0. The SMILES string of the molecule is CC(=O)O[C@@H]1C=C2CCN(C)[C@H]2[C@H](c2ccccc2C(=O)O)C1. The van der Waals surface area contributed by atoms with Gasteiger partial charge in [-0.3, -0.25) is 9.69 Å². The van der Waals surface area contributed by atoms with Crippen LogP contribution in [0.4, 0.5) is 0 Å². The summed E-state index contributed by atoms with van der Waals surface area (Å²) < 4.78 is 5.41. The molecule has 1 N–H and O–H groups in total. The molecule has 0 spiro atoms. The van der Waals surface area contributed by atoms with Crippen LogP contribution in [-0.2, 0) is 9.53 Å². The van der Waals surface area contributed by atoms with Crippen LogP contribution >= 0.6 is 0 Å². The average Bonchev–Trinajstić information content (AvgIpc) is 2.87. The minimum atomic E-state index is -0.915. The smallest absolute Gasteiger partial charge is 0.335 e. The molecule has 3 atom stereocenters. The molecule has 0 unspecified atom stereocenters. The van der Waals surface area contributed by atoms with E-state index in [-0.39, 0.29) is 24.0 Å². The zero-order valence-corrected chi connectivity index (χ0v) is 13.4. The van der Waals surface area contributed by atoms with Crippen LogP contribution in [-0.4, -0.2) is 47.7 Å². The van der Waals surface area contributed by atoms with E-state index in [0.717, 1.165) is 18.5 Å². The zero-order valence-electron chi connectivity index (χ0n) is 13.4. The highest BCUT2D eigenvalue weighted by molar-refractivity contribution is 5.89. The molecule has 0 aromatic heterocycles. The fraction of sp³-hybridized carbons (Fsp3) is 0.444. The van der Waals surface area contributed by atoms with Gasteiger partial charge < -0.3 is 9.84 Å². The van der Waals surface area contributed by atoms with Crippen molar-refractivity contribution in [1.82, 2.24) is 4.90 Å². The fourth-order valence-electron chi connectivity index (χ4n) is 3.92. The number of carboxylic acid groups (broad SMARTS) is 1. The molecule has 122 valence electrons. The number of carbonyl (C=O) groups excluding carboxylic acids is 1. The van der Waals surface area contributed by atoms with E-state index in [1.165, 1.54) is 12.5 Å². The van der Waals surface area contributed by atoms with Gasteiger partial charge in [0.15, 0.2) is 0 Å². The van der Waals surface area contributed by atoms with Gasteiger partial charge in [-0.25, -0.2) is 4.79 Å². The van der Waals surface area contributed by atoms with Crippen molar-refractivity contribution in [1.29, 1.82) is 0 Å². The maximum atomic E-state index is 11.6. The Kier molecular flexibility index (Phi) is 4.22. The summed E-state index contributed by atoms with van der Waals surface area (Å²) in [5.74, 6) is -1.21. The highest BCUT2D eigenvalue weighted by atomic mass is 16.5. The third-order valence-corrected chi connectivity index (χ3v) is 4.78. The van der Waals surface area contributed by atoms with Crippen molar-refractivity contribution < 1.29 is 19.4 Å². The lowest BCUT2D eigenvalue weighted by Gasteiger charge is -2.36. The molecule has 5 heteroatoms. The number of carbonyl (C=O) groups is 2. The van der Waals surface area contributed by atoms with E-state index in [1.54, 1.807) is 12.1 Å². The van der Waals surface area contributed by atoms with Crippen LogP contribution in [0.3, 0.4) is 0 Å². The molecule has 0 radical (unpaired) electrons. The molecule has 1 aliphatic carbocycles. The number of benzene rings is 1. The molecule has 1 aliphatic heterocycles. The van der Waals surface area contributed by atoms with E-state index < -0.39 is 5.97 Å². The molecule has 1 saturated heterocycles. The number of likely N-dealkylation sites (N-methyl/N-ethyl adjacent to an activating group) is 1. The Labute approximate surface area is 135 Å². The van der Waals surface area contributed by atoms with Gasteiger partial charge in [0.1, 0.15) is 6.10 Å². The maximum Gasteiger partial charge on any atom is 0.335 e. The third-order valence-electron chi connectivity index (χ3n) is 4.78. The maximum absolute atomic E-state index is 11.6. The summed E-state index contributed by atoms with van der Waals surface area (Å²) in [6.45, 7) is 2.35. The summed E-state index contributed by atoms with van der Waals surface area (Å²) >= 11 is 0. The van der Waals surface area contributed by atoms with E-state index in [9.17, 15) is 14.7 Å². The standard InChI is InChI=1S/C18H21NO4/c1-11(20)23-13-9-12-7-8-19(2)17(12)16(10-13)14-5-3-4-6-15(14)18(21)22/h3-6,9,13,16-17H,7-8,10H2,1-2H3,(H,21,22)/t13-,16+,17-/m1/s1. The van der Waals surface area contributed by atoms with Gasteiger partial charge in [0, 0.05) is 25.4 Å². The number of aromatic carboxylic acids is 1. The third kappa shape index (κ3) is 3.01. The highest BCUT2D eigenvalue weighted by Gasteiger charge is 2.40. The molecule has 0 saturated carbocycles. The number of hydrogen-bond donors (Lipinski definition) is 1. The summed E-state index contributed by atoms with van der Waals surface area (Å²) in [7, 11) is 2.06. The van der Waals surface area contributed by atoms with Gasteiger partial charge >= 0.3 is 11.9 Å². The van der Waals surface area contributed by atoms with Gasteiger partial charge in [-0.1, -0.05) is 23.8 Å². The number of carboxylic acids is 1. The molecule has 2 aliphatic rings. The second-order valence-electron chi connectivity index (χ2n) is 6.30. The molecule has 1 aromatic carbocycles. The number of esters is 1. The summed E-state index contributed by atoms with van der Waals surface area (Å²) in [5.41, 5.74) is 2.40. The number of fused-ring (bicyclic) bond motifs is 1. The molecule has 23 heavy (non-hydrogen) atoms. The summed E-state index contributed by atoms with van der Waals surface area (Å²) in [5, 5.41) is 9.50. The first-order valence-corrected chi connectivity index (χ1v) is 7.87. The number of nitrogens with zero attached hydrogens (tertiary/aromatic N) is 1. The van der Waals surface area contributed by atoms with Crippen molar-refractivity contribution >= 4 is 11.9 Å². The number of hydrogen-bond acceptors (Lipinski definition) is 4. The predicted octanol–water partition coefficient (Wildman–Crippen LogP) is 2.43. The van der Waals surface area contributed by atoms with E-state index >= 15 is 0 Å². The van der Waals surface area contributed by atoms with Gasteiger partial charge in [0.25, 0.3) is 0 Å². The van der Waals surface area contributed by atoms with E-state index in [0.29, 0.717) is 12.0 Å². The van der Waals surface area contributed by atoms with E-state index in [4.69, 9.17) is 4.74 Å². The average molecular weight is 315 g/mol. The van der Waals surface area contributed by atoms with Crippen LogP contribution in [0.25, 0.3) is 0 Å². The molecule has 1 aromatic rings. The predicted molar refractivity (Wildman–Crippen MR) is 85.4 cm³/mol. The number of likely N-dealkylation sites (tertiary alicyclic amines) is 1. The summed E-state index contributed by atoms with van der Waals surface area (Å²) in [4.78, 5) is 25.2. The topological polar surface area (TPSA) is 66.8 Å². The molecule has 5 nitrogen and oxygen atoms in total. The van der Waals surface area contributed by atoms with Crippen molar-refractivity contribution in [2.45, 2.75) is 37.8 Å². The lowest BCUT2D eigenvalue weighted by atomic mass is 9.77. The Bertz CT molecular complexity index is 667. The van der Waals surface area contributed by atoms with Gasteiger partial charge in [-0.05, 0) is 37.6 Å². The quantitative estimate of drug-likeness (QED) is 0.685. The lowest BCUT2D eigenvalue weighted by molar-refractivity contribution is -0.144.